The van der Waals surface area contributed by atoms with Crippen LogP contribution in [0.4, 0.5) is 17.6 Å². The number of fused-ring (bicyclic) bond motifs is 1. The highest BCUT2D eigenvalue weighted by molar-refractivity contribution is 5.95. The van der Waals surface area contributed by atoms with Crippen LogP contribution in [0.1, 0.15) is 49.1 Å². The second-order valence-corrected chi connectivity index (χ2v) is 8.74. The van der Waals surface area contributed by atoms with Gasteiger partial charge in [0, 0.05) is 17.0 Å². The third-order valence-electron chi connectivity index (χ3n) is 6.33. The molecule has 5 nitrogen and oxygen atoms in total. The number of benzene rings is 2. The standard InChI is InChI=1S/C25H22F4N4O/c1-2-24(34,25(27,28)29)23-14-33(32-31-23)13-15-3-10-19-20(16-6-8-18(26)9-7-16)12-21(17-4-5-17)30-22(19)11-15/h3,6-12,14,17,34H,2,4-5,13H2,1H3. The summed E-state index contributed by atoms with van der Waals surface area (Å²) in [6, 6.07) is 14.0. The van der Waals surface area contributed by atoms with Crippen LogP contribution in [0.25, 0.3) is 22.0 Å². The maximum Gasteiger partial charge on any atom is 0.423 e. The molecule has 0 bridgehead atoms. The van der Waals surface area contributed by atoms with Gasteiger partial charge in [0.15, 0.2) is 0 Å². The number of hydrogen-bond acceptors (Lipinski definition) is 4. The second-order valence-electron chi connectivity index (χ2n) is 8.74. The number of rotatable bonds is 6. The molecule has 1 aliphatic carbocycles. The van der Waals surface area contributed by atoms with E-state index in [9.17, 15) is 22.7 Å². The van der Waals surface area contributed by atoms with Gasteiger partial charge in [-0.2, -0.15) is 13.2 Å². The van der Waals surface area contributed by atoms with Crippen molar-refractivity contribution in [2.75, 3.05) is 0 Å². The summed E-state index contributed by atoms with van der Waals surface area (Å²) < 4.78 is 54.8. The minimum Gasteiger partial charge on any atom is -0.375 e. The summed E-state index contributed by atoms with van der Waals surface area (Å²) in [7, 11) is 0. The molecule has 0 saturated heterocycles. The van der Waals surface area contributed by atoms with Crippen molar-refractivity contribution in [2.45, 2.75) is 50.4 Å². The number of alkyl halides is 3. The molecule has 1 atom stereocenters. The van der Waals surface area contributed by atoms with E-state index in [0.717, 1.165) is 52.3 Å². The summed E-state index contributed by atoms with van der Waals surface area (Å²) >= 11 is 0. The van der Waals surface area contributed by atoms with Crippen LogP contribution in [0, 0.1) is 5.82 Å². The van der Waals surface area contributed by atoms with E-state index in [-0.39, 0.29) is 12.4 Å². The van der Waals surface area contributed by atoms with Crippen LogP contribution in [0.3, 0.4) is 0 Å². The van der Waals surface area contributed by atoms with Crippen LogP contribution in [-0.4, -0.2) is 31.3 Å². The molecular formula is C25H22F4N4O. The molecule has 1 unspecified atom stereocenters. The Morgan fingerprint density at radius 3 is 2.44 bits per heavy atom. The summed E-state index contributed by atoms with van der Waals surface area (Å²) in [6.07, 6.45) is -2.15. The van der Waals surface area contributed by atoms with Crippen LogP contribution in [0.5, 0.6) is 0 Å². The van der Waals surface area contributed by atoms with Crippen LogP contribution in [0.2, 0.25) is 0 Å². The second kappa shape index (κ2) is 8.16. The fraction of sp³-hybridized carbons (Fsp3) is 0.320. The van der Waals surface area contributed by atoms with Gasteiger partial charge in [-0.05, 0) is 60.2 Å². The number of hydrogen-bond donors (Lipinski definition) is 1. The Morgan fingerprint density at radius 1 is 1.06 bits per heavy atom. The van der Waals surface area contributed by atoms with Crippen LogP contribution < -0.4 is 0 Å². The van der Waals surface area contributed by atoms with Crippen molar-refractivity contribution in [1.82, 2.24) is 20.0 Å². The average molecular weight is 470 g/mol. The zero-order valence-electron chi connectivity index (χ0n) is 18.3. The molecule has 2 aromatic heterocycles. The lowest BCUT2D eigenvalue weighted by molar-refractivity contribution is -0.269. The van der Waals surface area contributed by atoms with Crippen molar-refractivity contribution >= 4 is 10.9 Å². The van der Waals surface area contributed by atoms with Crippen LogP contribution >= 0.6 is 0 Å². The first-order valence-corrected chi connectivity index (χ1v) is 11.1. The van der Waals surface area contributed by atoms with Crippen molar-refractivity contribution in [1.29, 1.82) is 0 Å². The number of aliphatic hydroxyl groups is 1. The predicted molar refractivity (Wildman–Crippen MR) is 118 cm³/mol. The number of nitrogens with zero attached hydrogens (tertiary/aromatic N) is 4. The molecule has 0 radical (unpaired) electrons. The highest BCUT2D eigenvalue weighted by Crippen LogP contribution is 2.42. The average Bonchev–Trinajstić information content (AvgIpc) is 3.56. The molecule has 1 aliphatic rings. The largest absolute Gasteiger partial charge is 0.423 e. The fourth-order valence-electron chi connectivity index (χ4n) is 4.13. The molecule has 5 rings (SSSR count). The molecule has 0 aliphatic heterocycles. The van der Waals surface area contributed by atoms with Gasteiger partial charge in [-0.15, -0.1) is 5.10 Å². The molecule has 0 spiro atoms. The summed E-state index contributed by atoms with van der Waals surface area (Å²) in [5, 5.41) is 18.4. The zero-order chi connectivity index (χ0) is 24.1. The van der Waals surface area contributed by atoms with Gasteiger partial charge in [-0.3, -0.25) is 4.98 Å². The van der Waals surface area contributed by atoms with Gasteiger partial charge in [0.2, 0.25) is 5.60 Å². The molecule has 1 saturated carbocycles. The molecule has 1 N–H and O–H groups in total. The molecule has 2 aromatic carbocycles. The smallest absolute Gasteiger partial charge is 0.375 e. The van der Waals surface area contributed by atoms with E-state index in [1.807, 2.05) is 18.2 Å². The molecule has 1 fully saturated rings. The Balaban J connectivity index is 1.50. The number of pyridine rings is 1. The van der Waals surface area contributed by atoms with Gasteiger partial charge >= 0.3 is 6.18 Å². The maximum absolute atomic E-state index is 13.5. The molecule has 4 aromatic rings. The quantitative estimate of drug-likeness (QED) is 0.366. The molecule has 176 valence electrons. The summed E-state index contributed by atoms with van der Waals surface area (Å²) in [6.45, 7) is 1.42. The molecule has 34 heavy (non-hydrogen) atoms. The first-order chi connectivity index (χ1) is 16.2. The Labute approximate surface area is 193 Å². The molecule has 9 heteroatoms. The molecular weight excluding hydrogens is 448 g/mol. The van der Waals surface area contributed by atoms with Gasteiger partial charge in [-0.1, -0.05) is 36.4 Å². The van der Waals surface area contributed by atoms with Gasteiger partial charge < -0.3 is 5.11 Å². The van der Waals surface area contributed by atoms with E-state index in [1.54, 1.807) is 12.1 Å². The molecule has 2 heterocycles. The lowest BCUT2D eigenvalue weighted by Gasteiger charge is -2.26. The van der Waals surface area contributed by atoms with Gasteiger partial charge in [0.25, 0.3) is 0 Å². The first-order valence-electron chi connectivity index (χ1n) is 11.1. The summed E-state index contributed by atoms with van der Waals surface area (Å²) in [5.41, 5.74) is 0.777. The van der Waals surface area contributed by atoms with Crippen molar-refractivity contribution in [2.24, 2.45) is 0 Å². The van der Waals surface area contributed by atoms with E-state index in [1.165, 1.54) is 23.7 Å². The van der Waals surface area contributed by atoms with Crippen LogP contribution in [-0.2, 0) is 12.1 Å². The molecule has 0 amide bonds. The Bertz CT molecular complexity index is 1350. The summed E-state index contributed by atoms with van der Waals surface area (Å²) in [5.74, 6) is 0.0960. The van der Waals surface area contributed by atoms with Gasteiger partial charge in [-0.25, -0.2) is 9.07 Å². The minimum atomic E-state index is -4.86. The monoisotopic (exact) mass is 470 g/mol. The number of aromatic nitrogens is 4. The highest BCUT2D eigenvalue weighted by Gasteiger charge is 2.55. The lowest BCUT2D eigenvalue weighted by Crippen LogP contribution is -2.42. The zero-order valence-corrected chi connectivity index (χ0v) is 18.3. The minimum absolute atomic E-state index is 0.168. The van der Waals surface area contributed by atoms with E-state index in [2.05, 4.69) is 16.4 Å². The third kappa shape index (κ3) is 4.04. The van der Waals surface area contributed by atoms with E-state index in [4.69, 9.17) is 4.98 Å². The predicted octanol–water partition coefficient (Wildman–Crippen LogP) is 5.72. The van der Waals surface area contributed by atoms with Crippen LogP contribution in [0.15, 0.2) is 54.7 Å². The third-order valence-corrected chi connectivity index (χ3v) is 6.33. The normalized spacial score (nSPS) is 16.1. The number of halogens is 4. The lowest BCUT2D eigenvalue weighted by atomic mass is 9.96. The fourth-order valence-corrected chi connectivity index (χ4v) is 4.13. The van der Waals surface area contributed by atoms with Gasteiger partial charge in [0.1, 0.15) is 11.5 Å². The van der Waals surface area contributed by atoms with E-state index in [0.29, 0.717) is 5.92 Å². The topological polar surface area (TPSA) is 63.8 Å². The van der Waals surface area contributed by atoms with Crippen molar-refractivity contribution in [3.05, 3.63) is 77.5 Å². The Kier molecular flexibility index (Phi) is 5.39. The maximum atomic E-state index is 13.5. The van der Waals surface area contributed by atoms with Gasteiger partial charge in [0.05, 0.1) is 18.3 Å². The van der Waals surface area contributed by atoms with E-state index >= 15 is 0 Å². The van der Waals surface area contributed by atoms with Crippen molar-refractivity contribution < 1.29 is 22.7 Å². The Morgan fingerprint density at radius 2 is 1.79 bits per heavy atom. The van der Waals surface area contributed by atoms with E-state index < -0.39 is 23.9 Å². The highest BCUT2D eigenvalue weighted by atomic mass is 19.4. The SMILES string of the molecule is CCC(O)(c1cn(Cc2ccc3c(-c4ccc(F)cc4)cc(C4CC4)nc3c2)nn1)C(F)(F)F. The van der Waals surface area contributed by atoms with Crippen molar-refractivity contribution in [3.63, 3.8) is 0 Å². The summed E-state index contributed by atoms with van der Waals surface area (Å²) in [4.78, 5) is 4.83. The Hall–Kier alpha value is -3.33. The first kappa shape index (κ1) is 22.5. The van der Waals surface area contributed by atoms with Crippen molar-refractivity contribution in [3.8, 4) is 11.1 Å².